The molecule has 2 fully saturated rings. The molecular weight excluding hydrogens is 604 g/mol. The number of carbonyl (C=O) groups is 5. The number of hydrogen-bond acceptors (Lipinski definition) is 9. The Morgan fingerprint density at radius 2 is 1.68 bits per heavy atom. The third-order valence-electron chi connectivity index (χ3n) is 8.19. The lowest BCUT2D eigenvalue weighted by Gasteiger charge is -2.28. The maximum Gasteiger partial charge on any atom is 0.322 e. The van der Waals surface area contributed by atoms with Crippen molar-refractivity contribution in [2.75, 3.05) is 38.0 Å². The number of fused-ring (bicyclic) bond motifs is 1. The van der Waals surface area contributed by atoms with Crippen LogP contribution in [0.3, 0.4) is 0 Å². The molecule has 2 aliphatic rings. The second-order valence-corrected chi connectivity index (χ2v) is 11.6. The molecule has 0 radical (unpaired) electrons. The Hall–Kier alpha value is -5.64. The molecule has 0 spiro atoms. The molecule has 0 bridgehead atoms. The number of amides is 3. The summed E-state index contributed by atoms with van der Waals surface area (Å²) in [4.78, 5) is 66.9. The number of nitrogens with one attached hydrogen (secondary N) is 3. The number of allylic oxidation sites excluding steroid dienone is 1. The fourth-order valence-electron chi connectivity index (χ4n) is 5.76. The molecule has 13 heteroatoms. The van der Waals surface area contributed by atoms with E-state index in [1.54, 1.807) is 28.0 Å². The van der Waals surface area contributed by atoms with E-state index in [1.807, 2.05) is 19.1 Å². The maximum absolute atomic E-state index is 13.8. The largest absolute Gasteiger partial charge is 0.480 e. The number of nitrogens with zero attached hydrogens (tertiary/aromatic N) is 3. The number of aryl methyl sites for hydroxylation is 1. The highest BCUT2D eigenvalue weighted by atomic mass is 16.4. The van der Waals surface area contributed by atoms with Crippen molar-refractivity contribution in [3.63, 3.8) is 0 Å². The SMILES string of the molecule is Cc1cc2cc(N/C(N[C@H]3CCCCN(CC(=O)N4CCCC4)C3=O)=C(/C#N)C(=O)c3ccc(C(=O)NCC(=O)O)cc3)ccc2o1. The fourth-order valence-corrected chi connectivity index (χ4v) is 5.76. The number of rotatable bonds is 11. The van der Waals surface area contributed by atoms with Crippen LogP contribution in [-0.4, -0.2) is 83.1 Å². The summed E-state index contributed by atoms with van der Waals surface area (Å²) in [7, 11) is 0. The number of ketones is 1. The second-order valence-electron chi connectivity index (χ2n) is 11.6. The third kappa shape index (κ3) is 7.96. The molecule has 2 aromatic carbocycles. The van der Waals surface area contributed by atoms with Crippen molar-refractivity contribution in [3.05, 3.63) is 76.8 Å². The van der Waals surface area contributed by atoms with Crippen molar-refractivity contribution in [2.45, 2.75) is 45.1 Å². The summed E-state index contributed by atoms with van der Waals surface area (Å²) in [6.07, 6.45) is 3.70. The lowest BCUT2D eigenvalue weighted by atomic mass is 10.0. The van der Waals surface area contributed by atoms with Crippen LogP contribution in [0.25, 0.3) is 11.0 Å². The summed E-state index contributed by atoms with van der Waals surface area (Å²) in [6.45, 7) is 3.02. The molecule has 1 atom stereocenters. The minimum atomic E-state index is -1.20. The van der Waals surface area contributed by atoms with Gasteiger partial charge in [0.15, 0.2) is 0 Å². The minimum Gasteiger partial charge on any atom is -0.480 e. The first-order valence-corrected chi connectivity index (χ1v) is 15.5. The number of carboxylic acid groups (broad SMARTS) is 1. The van der Waals surface area contributed by atoms with E-state index in [0.29, 0.717) is 55.9 Å². The molecule has 3 amide bonds. The first kappa shape index (κ1) is 32.7. The first-order chi connectivity index (χ1) is 22.6. The minimum absolute atomic E-state index is 0.0198. The molecule has 244 valence electrons. The zero-order chi connectivity index (χ0) is 33.5. The van der Waals surface area contributed by atoms with Crippen molar-refractivity contribution in [3.8, 4) is 6.07 Å². The molecule has 3 aromatic rings. The van der Waals surface area contributed by atoms with Gasteiger partial charge >= 0.3 is 5.97 Å². The quantitative estimate of drug-likeness (QED) is 0.138. The van der Waals surface area contributed by atoms with E-state index in [2.05, 4.69) is 16.0 Å². The third-order valence-corrected chi connectivity index (χ3v) is 8.19. The van der Waals surface area contributed by atoms with Crippen molar-refractivity contribution < 1.29 is 33.5 Å². The average molecular weight is 641 g/mol. The van der Waals surface area contributed by atoms with Gasteiger partial charge in [0.2, 0.25) is 17.6 Å². The van der Waals surface area contributed by atoms with Crippen molar-refractivity contribution in [1.82, 2.24) is 20.4 Å². The summed E-state index contributed by atoms with van der Waals surface area (Å²) in [5, 5.41) is 28.5. The van der Waals surface area contributed by atoms with E-state index in [1.165, 1.54) is 24.3 Å². The topological polar surface area (TPSA) is 185 Å². The van der Waals surface area contributed by atoms with E-state index in [0.717, 1.165) is 18.2 Å². The lowest BCUT2D eigenvalue weighted by Crippen LogP contribution is -2.49. The van der Waals surface area contributed by atoms with Crippen LogP contribution in [0.2, 0.25) is 0 Å². The van der Waals surface area contributed by atoms with Crippen LogP contribution in [0.1, 0.15) is 58.6 Å². The van der Waals surface area contributed by atoms with E-state index < -0.39 is 30.2 Å². The predicted octanol–water partition coefficient (Wildman–Crippen LogP) is 3.18. The van der Waals surface area contributed by atoms with E-state index >= 15 is 0 Å². The van der Waals surface area contributed by atoms with Crippen LogP contribution < -0.4 is 16.0 Å². The average Bonchev–Trinajstić information content (AvgIpc) is 3.70. The van der Waals surface area contributed by atoms with E-state index in [4.69, 9.17) is 9.52 Å². The Balaban J connectivity index is 1.44. The van der Waals surface area contributed by atoms with Crippen LogP contribution in [-0.2, 0) is 14.4 Å². The number of carboxylic acids is 1. The Bertz CT molecular complexity index is 1770. The van der Waals surface area contributed by atoms with Crippen LogP contribution in [0.4, 0.5) is 5.69 Å². The summed E-state index contributed by atoms with van der Waals surface area (Å²) < 4.78 is 5.68. The normalized spacial score (nSPS) is 17.0. The van der Waals surface area contributed by atoms with E-state index in [9.17, 15) is 29.2 Å². The number of benzene rings is 2. The van der Waals surface area contributed by atoms with Crippen molar-refractivity contribution in [1.29, 1.82) is 5.26 Å². The number of likely N-dealkylation sites (tertiary alicyclic amines) is 2. The molecule has 1 aromatic heterocycles. The highest BCUT2D eigenvalue weighted by Crippen LogP contribution is 2.25. The Labute approximate surface area is 271 Å². The highest BCUT2D eigenvalue weighted by Gasteiger charge is 2.32. The summed E-state index contributed by atoms with van der Waals surface area (Å²) in [5.41, 5.74) is 1.14. The molecule has 0 saturated carbocycles. The molecule has 2 saturated heterocycles. The van der Waals surface area contributed by atoms with Gasteiger partial charge in [-0.15, -0.1) is 0 Å². The molecule has 3 heterocycles. The van der Waals surface area contributed by atoms with Gasteiger partial charge in [0.25, 0.3) is 5.91 Å². The van der Waals surface area contributed by atoms with Gasteiger partial charge in [-0.2, -0.15) is 5.26 Å². The second kappa shape index (κ2) is 14.6. The zero-order valence-corrected chi connectivity index (χ0v) is 26.0. The van der Waals surface area contributed by atoms with Gasteiger partial charge in [-0.05, 0) is 75.4 Å². The van der Waals surface area contributed by atoms with Crippen LogP contribution in [0.5, 0.6) is 0 Å². The molecule has 0 unspecified atom stereocenters. The summed E-state index contributed by atoms with van der Waals surface area (Å²) in [5.74, 6) is -2.15. The van der Waals surface area contributed by atoms with Crippen LogP contribution in [0.15, 0.2) is 64.3 Å². The predicted molar refractivity (Wildman–Crippen MR) is 171 cm³/mol. The number of furan rings is 1. The molecule has 0 aliphatic carbocycles. The maximum atomic E-state index is 13.8. The van der Waals surface area contributed by atoms with Crippen LogP contribution in [0, 0.1) is 18.3 Å². The van der Waals surface area contributed by atoms with Gasteiger partial charge in [-0.3, -0.25) is 24.0 Å². The van der Waals surface area contributed by atoms with E-state index in [-0.39, 0.29) is 40.9 Å². The van der Waals surface area contributed by atoms with Gasteiger partial charge in [0, 0.05) is 41.8 Å². The lowest BCUT2D eigenvalue weighted by molar-refractivity contribution is -0.140. The number of nitriles is 1. The monoisotopic (exact) mass is 640 g/mol. The molecular formula is C34H36N6O7. The number of carbonyl (C=O) groups excluding carboxylic acids is 4. The molecule has 47 heavy (non-hydrogen) atoms. The van der Waals surface area contributed by atoms with Gasteiger partial charge in [0.1, 0.15) is 41.4 Å². The molecule has 13 nitrogen and oxygen atoms in total. The fraction of sp³-hybridized carbons (Fsp3) is 0.353. The molecule has 5 rings (SSSR count). The first-order valence-electron chi connectivity index (χ1n) is 15.5. The van der Waals surface area contributed by atoms with Gasteiger partial charge < -0.3 is 35.3 Å². The zero-order valence-electron chi connectivity index (χ0n) is 26.0. The number of Topliss-reactive ketones (excluding diaryl/α,β-unsaturated/α-hetero) is 1. The Morgan fingerprint density at radius 1 is 0.979 bits per heavy atom. The van der Waals surface area contributed by atoms with Crippen LogP contribution >= 0.6 is 0 Å². The summed E-state index contributed by atoms with van der Waals surface area (Å²) >= 11 is 0. The molecule has 2 aliphatic heterocycles. The number of anilines is 1. The van der Waals surface area contributed by atoms with Gasteiger partial charge in [-0.25, -0.2) is 0 Å². The smallest absolute Gasteiger partial charge is 0.322 e. The number of hydrogen-bond donors (Lipinski definition) is 4. The number of aliphatic carboxylic acids is 1. The van der Waals surface area contributed by atoms with Crippen molar-refractivity contribution >= 4 is 46.1 Å². The van der Waals surface area contributed by atoms with Crippen molar-refractivity contribution in [2.24, 2.45) is 0 Å². The Morgan fingerprint density at radius 3 is 2.38 bits per heavy atom. The van der Waals surface area contributed by atoms with Gasteiger partial charge in [-0.1, -0.05) is 12.1 Å². The molecule has 4 N–H and O–H groups in total. The van der Waals surface area contributed by atoms with Gasteiger partial charge in [0.05, 0.1) is 6.54 Å². The summed E-state index contributed by atoms with van der Waals surface area (Å²) in [6, 6.07) is 13.8. The standard InChI is InChI=1S/C34H36N6O7/c1-21-16-24-17-25(11-12-28(24)47-21)37-32(26(18-35)31(44)22-7-9-23(10-8-22)33(45)36-19-30(42)43)38-27-6-2-3-15-40(34(27)46)20-29(41)39-13-4-5-14-39/h7-12,16-17,27,37-38H,2-6,13-15,19-20H2,1H3,(H,36,45)(H,42,43)/b32-26+/t27-/m0/s1. The Kier molecular flexibility index (Phi) is 10.2. The highest BCUT2D eigenvalue weighted by molar-refractivity contribution is 6.12.